The van der Waals surface area contributed by atoms with Gasteiger partial charge in [-0.25, -0.2) is 4.98 Å². The summed E-state index contributed by atoms with van der Waals surface area (Å²) in [6.07, 6.45) is -1.54. The number of hydrogen-bond acceptors (Lipinski definition) is 3. The first-order valence-corrected chi connectivity index (χ1v) is 8.38. The number of nitrogens with one attached hydrogen (secondary N) is 1. The minimum Gasteiger partial charge on any atom is -0.355 e. The van der Waals surface area contributed by atoms with Gasteiger partial charge in [0.05, 0.1) is 10.6 Å². The van der Waals surface area contributed by atoms with E-state index >= 15 is 0 Å². The minimum atomic E-state index is -4.46. The molecule has 0 unspecified atom stereocenters. The van der Waals surface area contributed by atoms with E-state index in [0.717, 1.165) is 18.7 Å². The summed E-state index contributed by atoms with van der Waals surface area (Å²) >= 11 is 5.97. The van der Waals surface area contributed by atoms with Crippen LogP contribution in [0.5, 0.6) is 0 Å². The van der Waals surface area contributed by atoms with Gasteiger partial charge in [-0.2, -0.15) is 13.2 Å². The van der Waals surface area contributed by atoms with Crippen LogP contribution in [0.1, 0.15) is 38.7 Å². The van der Waals surface area contributed by atoms with Crippen LogP contribution in [-0.2, 0) is 11.0 Å². The maximum Gasteiger partial charge on any atom is 0.417 e. The fraction of sp³-hybridized carbons (Fsp3) is 0.625. The van der Waals surface area contributed by atoms with Crippen molar-refractivity contribution in [1.82, 2.24) is 10.3 Å². The number of nitrogens with zero attached hydrogens (tertiary/aromatic N) is 2. The smallest absolute Gasteiger partial charge is 0.355 e. The summed E-state index contributed by atoms with van der Waals surface area (Å²) in [6.45, 7) is 5.04. The number of carbonyl (C=O) groups is 1. The molecule has 1 aromatic rings. The van der Waals surface area contributed by atoms with Crippen LogP contribution < -0.4 is 10.2 Å². The van der Waals surface area contributed by atoms with Gasteiger partial charge in [0.25, 0.3) is 0 Å². The highest BCUT2D eigenvalue weighted by Crippen LogP contribution is 2.34. The second kappa shape index (κ2) is 7.59. The zero-order valence-electron chi connectivity index (χ0n) is 13.7. The zero-order valence-corrected chi connectivity index (χ0v) is 14.4. The Morgan fingerprint density at radius 3 is 2.58 bits per heavy atom. The summed E-state index contributed by atoms with van der Waals surface area (Å²) in [5.74, 6) is 0.296. The molecule has 1 aliphatic rings. The van der Waals surface area contributed by atoms with Crippen molar-refractivity contribution >= 4 is 23.3 Å². The molecule has 8 heteroatoms. The molecule has 0 aromatic carbocycles. The van der Waals surface area contributed by atoms with Gasteiger partial charge in [-0.1, -0.05) is 18.5 Å². The highest BCUT2D eigenvalue weighted by Gasteiger charge is 2.33. The number of amides is 1. The second-order valence-electron chi connectivity index (χ2n) is 6.11. The standard InChI is InChI=1S/C16H21ClF3N3O/c1-3-10(2)22-15(24)11-4-6-23(7-5-11)14-13(17)8-12(9-21-14)16(18,19)20/h8-11H,3-7H2,1-2H3,(H,22,24)/t10-/m0/s1. The predicted molar refractivity (Wildman–Crippen MR) is 87.1 cm³/mol. The summed E-state index contributed by atoms with van der Waals surface area (Å²) in [5.41, 5.74) is -0.862. The fourth-order valence-electron chi connectivity index (χ4n) is 2.63. The average Bonchev–Trinajstić information content (AvgIpc) is 2.54. The molecule has 134 valence electrons. The van der Waals surface area contributed by atoms with E-state index in [9.17, 15) is 18.0 Å². The summed E-state index contributed by atoms with van der Waals surface area (Å²) in [5, 5.41) is 2.94. The fourth-order valence-corrected chi connectivity index (χ4v) is 2.92. The molecule has 2 heterocycles. The Kier molecular flexibility index (Phi) is 5.96. The van der Waals surface area contributed by atoms with Crippen LogP contribution in [0.25, 0.3) is 0 Å². The molecule has 1 saturated heterocycles. The van der Waals surface area contributed by atoms with E-state index < -0.39 is 11.7 Å². The number of pyridine rings is 1. The second-order valence-corrected chi connectivity index (χ2v) is 6.51. The third kappa shape index (κ3) is 4.53. The number of alkyl halides is 3. The maximum absolute atomic E-state index is 12.7. The van der Waals surface area contributed by atoms with Gasteiger partial charge in [0.1, 0.15) is 5.82 Å². The quantitative estimate of drug-likeness (QED) is 0.882. The van der Waals surface area contributed by atoms with Crippen molar-refractivity contribution in [2.45, 2.75) is 45.3 Å². The lowest BCUT2D eigenvalue weighted by Gasteiger charge is -2.33. The number of carbonyl (C=O) groups excluding carboxylic acids is 1. The molecule has 0 radical (unpaired) electrons. The van der Waals surface area contributed by atoms with Crippen LogP contribution in [0.15, 0.2) is 12.3 Å². The predicted octanol–water partition coefficient (Wildman–Crippen LogP) is 3.88. The van der Waals surface area contributed by atoms with Gasteiger partial charge >= 0.3 is 6.18 Å². The van der Waals surface area contributed by atoms with E-state index in [1.807, 2.05) is 18.7 Å². The molecule has 2 rings (SSSR count). The maximum atomic E-state index is 12.7. The van der Waals surface area contributed by atoms with E-state index in [0.29, 0.717) is 31.7 Å². The van der Waals surface area contributed by atoms with Crippen LogP contribution in [-0.4, -0.2) is 30.0 Å². The Balaban J connectivity index is 1.98. The molecule has 4 nitrogen and oxygen atoms in total. The van der Waals surface area contributed by atoms with Gasteiger partial charge in [0.2, 0.25) is 5.91 Å². The molecule has 0 spiro atoms. The van der Waals surface area contributed by atoms with Crippen molar-refractivity contribution in [1.29, 1.82) is 0 Å². The number of halogens is 4. The molecule has 0 aliphatic carbocycles. The molecule has 1 aliphatic heterocycles. The summed E-state index contributed by atoms with van der Waals surface area (Å²) in [7, 11) is 0. The summed E-state index contributed by atoms with van der Waals surface area (Å²) in [4.78, 5) is 17.8. The molecule has 0 bridgehead atoms. The van der Waals surface area contributed by atoms with Crippen LogP contribution in [0.4, 0.5) is 19.0 Å². The van der Waals surface area contributed by atoms with E-state index in [1.165, 1.54) is 0 Å². The Morgan fingerprint density at radius 1 is 1.46 bits per heavy atom. The van der Waals surface area contributed by atoms with Gasteiger partial charge in [0.15, 0.2) is 0 Å². The van der Waals surface area contributed by atoms with Crippen molar-refractivity contribution in [3.05, 3.63) is 22.8 Å². The Hall–Kier alpha value is -1.50. The normalized spacial score (nSPS) is 17.7. The number of aromatic nitrogens is 1. The van der Waals surface area contributed by atoms with E-state index in [4.69, 9.17) is 11.6 Å². The molecule has 1 N–H and O–H groups in total. The topological polar surface area (TPSA) is 45.2 Å². The van der Waals surface area contributed by atoms with Crippen molar-refractivity contribution in [3.8, 4) is 0 Å². The lowest BCUT2D eigenvalue weighted by Crippen LogP contribution is -2.43. The lowest BCUT2D eigenvalue weighted by molar-refractivity contribution is -0.137. The first-order chi connectivity index (χ1) is 11.2. The SMILES string of the molecule is CC[C@H](C)NC(=O)C1CCN(c2ncc(C(F)(F)F)cc2Cl)CC1. The third-order valence-corrected chi connectivity index (χ3v) is 4.59. The number of hydrogen-bond donors (Lipinski definition) is 1. The molecule has 1 amide bonds. The van der Waals surface area contributed by atoms with Gasteiger partial charge in [-0.3, -0.25) is 4.79 Å². The van der Waals surface area contributed by atoms with Crippen molar-refractivity contribution in [3.63, 3.8) is 0 Å². The van der Waals surface area contributed by atoms with E-state index in [-0.39, 0.29) is 22.9 Å². The summed E-state index contributed by atoms with van der Waals surface area (Å²) < 4.78 is 38.0. The molecule has 0 saturated carbocycles. The van der Waals surface area contributed by atoms with Gasteiger partial charge in [-0.15, -0.1) is 0 Å². The molecule has 1 aromatic heterocycles. The van der Waals surface area contributed by atoms with E-state index in [2.05, 4.69) is 10.3 Å². The highest BCUT2D eigenvalue weighted by molar-refractivity contribution is 6.33. The van der Waals surface area contributed by atoms with Crippen molar-refractivity contribution in [2.75, 3.05) is 18.0 Å². The molecule has 24 heavy (non-hydrogen) atoms. The van der Waals surface area contributed by atoms with Crippen molar-refractivity contribution in [2.24, 2.45) is 5.92 Å². The van der Waals surface area contributed by atoms with Crippen LogP contribution in [0.2, 0.25) is 5.02 Å². The van der Waals surface area contributed by atoms with Gasteiger partial charge in [-0.05, 0) is 32.3 Å². The third-order valence-electron chi connectivity index (χ3n) is 4.32. The minimum absolute atomic E-state index is 0.0210. The average molecular weight is 364 g/mol. The molecule has 1 fully saturated rings. The van der Waals surface area contributed by atoms with E-state index in [1.54, 1.807) is 0 Å². The monoisotopic (exact) mass is 363 g/mol. The van der Waals surface area contributed by atoms with Crippen LogP contribution in [0, 0.1) is 5.92 Å². The molecule has 1 atom stereocenters. The first-order valence-electron chi connectivity index (χ1n) is 8.00. The number of anilines is 1. The summed E-state index contributed by atoms with van der Waals surface area (Å²) in [6, 6.07) is 1.03. The van der Waals surface area contributed by atoms with Crippen LogP contribution >= 0.6 is 11.6 Å². The number of piperidine rings is 1. The van der Waals surface area contributed by atoms with Crippen molar-refractivity contribution < 1.29 is 18.0 Å². The Morgan fingerprint density at radius 2 is 2.08 bits per heavy atom. The van der Waals surface area contributed by atoms with Gasteiger partial charge in [0, 0.05) is 31.2 Å². The molecular formula is C16H21ClF3N3O. The zero-order chi connectivity index (χ0) is 17.9. The molecular weight excluding hydrogens is 343 g/mol. The largest absolute Gasteiger partial charge is 0.417 e. The van der Waals surface area contributed by atoms with Gasteiger partial charge < -0.3 is 10.2 Å². The Labute approximate surface area is 144 Å². The highest BCUT2D eigenvalue weighted by atomic mass is 35.5. The number of rotatable bonds is 4. The van der Waals surface area contributed by atoms with Crippen LogP contribution in [0.3, 0.4) is 0 Å². The lowest BCUT2D eigenvalue weighted by atomic mass is 9.95. The Bertz CT molecular complexity index is 586. The first kappa shape index (κ1) is 18.8.